The van der Waals surface area contributed by atoms with E-state index in [0.717, 1.165) is 37.9 Å². The number of aromatic nitrogens is 3. The summed E-state index contributed by atoms with van der Waals surface area (Å²) in [5.74, 6) is 1.75. The number of carbonyl (C=O) groups excluding carboxylic acids is 1. The minimum absolute atomic E-state index is 0.0000350. The second kappa shape index (κ2) is 9.48. The maximum Gasteiger partial charge on any atom is 0.230 e. The Labute approximate surface area is 167 Å². The molecular weight excluding hydrogens is 352 g/mol. The Morgan fingerprint density at radius 1 is 1.11 bits per heavy atom. The lowest BCUT2D eigenvalue weighted by Gasteiger charge is -2.27. The molecule has 3 rings (SSSR count). The van der Waals surface area contributed by atoms with Gasteiger partial charge in [-0.1, -0.05) is 37.3 Å². The molecule has 1 atom stereocenters. The van der Waals surface area contributed by atoms with Gasteiger partial charge in [0.15, 0.2) is 5.82 Å². The number of benzene rings is 1. The molecule has 1 aliphatic rings. The van der Waals surface area contributed by atoms with E-state index in [1.165, 1.54) is 6.42 Å². The summed E-state index contributed by atoms with van der Waals surface area (Å²) in [5, 5.41) is 3.02. The molecule has 1 N–H and O–H groups in total. The van der Waals surface area contributed by atoms with Gasteiger partial charge in [0.25, 0.3) is 0 Å². The molecule has 1 aromatic carbocycles. The van der Waals surface area contributed by atoms with Crippen LogP contribution < -0.4 is 15.1 Å². The predicted octanol–water partition coefficient (Wildman–Crippen LogP) is 2.74. The number of nitrogens with one attached hydrogen (secondary N) is 1. The van der Waals surface area contributed by atoms with Crippen LogP contribution in [0.25, 0.3) is 0 Å². The van der Waals surface area contributed by atoms with Crippen LogP contribution in [0.5, 0.6) is 0 Å². The van der Waals surface area contributed by atoms with Gasteiger partial charge in [-0.25, -0.2) is 0 Å². The number of hydrogen-bond acceptors (Lipinski definition) is 6. The van der Waals surface area contributed by atoms with Crippen molar-refractivity contribution in [2.24, 2.45) is 0 Å². The second-order valence-corrected chi connectivity index (χ2v) is 7.38. The standard InChI is InChI=1S/C21H30N6O/c1-4-17(16-11-7-5-8-12-16)19(28)22-15-18-23-20(26(2)3)25-21(24-18)27-13-9-6-10-14-27/h5,7-8,11-12,17H,4,6,9-10,13-15H2,1-3H3,(H,22,28). The Kier molecular flexibility index (Phi) is 6.79. The Bertz CT molecular complexity index is 774. The van der Waals surface area contributed by atoms with Gasteiger partial charge in [-0.15, -0.1) is 0 Å². The summed E-state index contributed by atoms with van der Waals surface area (Å²) in [7, 11) is 3.83. The molecule has 1 saturated heterocycles. The summed E-state index contributed by atoms with van der Waals surface area (Å²) in [6, 6.07) is 9.88. The number of rotatable bonds is 7. The van der Waals surface area contributed by atoms with E-state index in [1.807, 2.05) is 56.3 Å². The second-order valence-electron chi connectivity index (χ2n) is 7.38. The molecular formula is C21H30N6O. The van der Waals surface area contributed by atoms with Gasteiger partial charge in [0, 0.05) is 27.2 Å². The van der Waals surface area contributed by atoms with Crippen LogP contribution in [-0.4, -0.2) is 48.0 Å². The molecule has 2 aromatic rings. The average molecular weight is 383 g/mol. The van der Waals surface area contributed by atoms with Gasteiger partial charge >= 0.3 is 0 Å². The highest BCUT2D eigenvalue weighted by molar-refractivity contribution is 5.83. The number of hydrogen-bond donors (Lipinski definition) is 1. The molecule has 1 unspecified atom stereocenters. The van der Waals surface area contributed by atoms with Crippen LogP contribution in [0.4, 0.5) is 11.9 Å². The monoisotopic (exact) mass is 382 g/mol. The molecule has 2 heterocycles. The number of carbonyl (C=O) groups is 1. The first-order valence-electron chi connectivity index (χ1n) is 10.1. The van der Waals surface area contributed by atoms with E-state index < -0.39 is 0 Å². The summed E-state index contributed by atoms with van der Waals surface area (Å²) in [4.78, 5) is 30.6. The van der Waals surface area contributed by atoms with Gasteiger partial charge in [0.1, 0.15) is 0 Å². The lowest BCUT2D eigenvalue weighted by Crippen LogP contribution is -2.33. The van der Waals surface area contributed by atoms with Crippen molar-refractivity contribution in [1.29, 1.82) is 0 Å². The highest BCUT2D eigenvalue weighted by Crippen LogP contribution is 2.20. The largest absolute Gasteiger partial charge is 0.348 e. The Morgan fingerprint density at radius 2 is 1.82 bits per heavy atom. The van der Waals surface area contributed by atoms with E-state index in [4.69, 9.17) is 0 Å². The quantitative estimate of drug-likeness (QED) is 0.794. The fraction of sp³-hybridized carbons (Fsp3) is 0.524. The fourth-order valence-electron chi connectivity index (χ4n) is 3.46. The van der Waals surface area contributed by atoms with Crippen LogP contribution in [0.1, 0.15) is 49.9 Å². The highest BCUT2D eigenvalue weighted by Gasteiger charge is 2.20. The predicted molar refractivity (Wildman–Crippen MR) is 112 cm³/mol. The molecule has 0 bridgehead atoms. The van der Waals surface area contributed by atoms with E-state index >= 15 is 0 Å². The van der Waals surface area contributed by atoms with Crippen LogP contribution in [-0.2, 0) is 11.3 Å². The third-order valence-electron chi connectivity index (χ3n) is 5.04. The first kappa shape index (κ1) is 20.0. The summed E-state index contributed by atoms with van der Waals surface area (Å²) < 4.78 is 0. The molecule has 7 nitrogen and oxygen atoms in total. The van der Waals surface area contributed by atoms with Gasteiger partial charge in [-0.05, 0) is 31.2 Å². The topological polar surface area (TPSA) is 74.2 Å². The number of piperidine rings is 1. The molecule has 0 spiro atoms. The van der Waals surface area contributed by atoms with Crippen LogP contribution in [0.15, 0.2) is 30.3 Å². The van der Waals surface area contributed by atoms with E-state index in [0.29, 0.717) is 24.3 Å². The van der Waals surface area contributed by atoms with Gasteiger partial charge in [0.2, 0.25) is 17.8 Å². The summed E-state index contributed by atoms with van der Waals surface area (Å²) in [6.07, 6.45) is 4.31. The Morgan fingerprint density at radius 3 is 2.46 bits per heavy atom. The fourth-order valence-corrected chi connectivity index (χ4v) is 3.46. The molecule has 1 amide bonds. The molecule has 0 aliphatic carbocycles. The Balaban J connectivity index is 1.73. The third kappa shape index (κ3) is 4.97. The summed E-state index contributed by atoms with van der Waals surface area (Å²) in [5.41, 5.74) is 1.03. The van der Waals surface area contributed by atoms with E-state index in [1.54, 1.807) is 0 Å². The zero-order valence-electron chi connectivity index (χ0n) is 17.1. The lowest BCUT2D eigenvalue weighted by molar-refractivity contribution is -0.122. The van der Waals surface area contributed by atoms with Crippen molar-refractivity contribution in [2.75, 3.05) is 37.0 Å². The van der Waals surface area contributed by atoms with Gasteiger partial charge in [0.05, 0.1) is 12.5 Å². The minimum Gasteiger partial charge on any atom is -0.348 e. The first-order chi connectivity index (χ1) is 13.6. The van der Waals surface area contributed by atoms with Crippen LogP contribution in [0.2, 0.25) is 0 Å². The van der Waals surface area contributed by atoms with Gasteiger partial charge in [-0.2, -0.15) is 15.0 Å². The van der Waals surface area contributed by atoms with E-state index in [9.17, 15) is 4.79 Å². The maximum absolute atomic E-state index is 12.8. The third-order valence-corrected chi connectivity index (χ3v) is 5.04. The zero-order valence-corrected chi connectivity index (χ0v) is 17.1. The zero-order chi connectivity index (χ0) is 19.9. The number of nitrogens with zero attached hydrogens (tertiary/aromatic N) is 5. The maximum atomic E-state index is 12.8. The molecule has 7 heteroatoms. The van der Waals surface area contributed by atoms with E-state index in [2.05, 4.69) is 25.2 Å². The molecule has 1 aliphatic heterocycles. The Hall–Kier alpha value is -2.70. The van der Waals surface area contributed by atoms with Crippen molar-refractivity contribution < 1.29 is 4.79 Å². The van der Waals surface area contributed by atoms with Crippen molar-refractivity contribution in [1.82, 2.24) is 20.3 Å². The van der Waals surface area contributed by atoms with Crippen molar-refractivity contribution in [3.63, 3.8) is 0 Å². The van der Waals surface area contributed by atoms with Crippen LogP contribution >= 0.6 is 0 Å². The van der Waals surface area contributed by atoms with Gasteiger partial charge in [-0.3, -0.25) is 4.79 Å². The van der Waals surface area contributed by atoms with Crippen molar-refractivity contribution in [3.05, 3.63) is 41.7 Å². The molecule has 150 valence electrons. The summed E-state index contributed by atoms with van der Waals surface area (Å²) in [6.45, 7) is 4.26. The minimum atomic E-state index is -0.169. The smallest absolute Gasteiger partial charge is 0.230 e. The van der Waals surface area contributed by atoms with E-state index in [-0.39, 0.29) is 11.8 Å². The van der Waals surface area contributed by atoms with Crippen LogP contribution in [0.3, 0.4) is 0 Å². The molecule has 0 radical (unpaired) electrons. The molecule has 28 heavy (non-hydrogen) atoms. The van der Waals surface area contributed by atoms with Crippen molar-refractivity contribution >= 4 is 17.8 Å². The van der Waals surface area contributed by atoms with Crippen molar-refractivity contribution in [3.8, 4) is 0 Å². The SMILES string of the molecule is CCC(C(=O)NCc1nc(N(C)C)nc(N2CCCCC2)n1)c1ccccc1. The van der Waals surface area contributed by atoms with Crippen LogP contribution in [0, 0.1) is 0 Å². The summed E-state index contributed by atoms with van der Waals surface area (Å²) >= 11 is 0. The molecule has 0 saturated carbocycles. The molecule has 1 aromatic heterocycles. The van der Waals surface area contributed by atoms with Gasteiger partial charge < -0.3 is 15.1 Å². The lowest BCUT2D eigenvalue weighted by atomic mass is 9.96. The number of anilines is 2. The first-order valence-corrected chi connectivity index (χ1v) is 10.1. The number of amides is 1. The highest BCUT2D eigenvalue weighted by atomic mass is 16.1. The molecule has 1 fully saturated rings. The average Bonchev–Trinajstić information content (AvgIpc) is 2.74. The normalized spacial score (nSPS) is 15.2. The van der Waals surface area contributed by atoms with Crippen molar-refractivity contribution in [2.45, 2.75) is 45.1 Å².